The van der Waals surface area contributed by atoms with Crippen LogP contribution in [-0.4, -0.2) is 34.2 Å². The third-order valence-corrected chi connectivity index (χ3v) is 3.11. The second-order valence-corrected chi connectivity index (χ2v) is 5.01. The van der Waals surface area contributed by atoms with E-state index in [1.165, 1.54) is 6.08 Å². The fourth-order valence-electron chi connectivity index (χ4n) is 1.17. The minimum Gasteiger partial charge on any atom is -0.479 e. The average Bonchev–Trinajstić information content (AvgIpc) is 2.35. The van der Waals surface area contributed by atoms with Gasteiger partial charge in [-0.15, -0.1) is 0 Å². The largest absolute Gasteiger partial charge is 0.479 e. The number of carboxylic acids is 1. The number of amides is 1. The molecule has 0 radical (unpaired) electrons. The van der Waals surface area contributed by atoms with Crippen LogP contribution < -0.4 is 5.32 Å². The Kier molecular flexibility index (Phi) is 5.26. The number of aliphatic hydroxyl groups is 1. The molecule has 1 aromatic rings. The van der Waals surface area contributed by atoms with E-state index in [2.05, 4.69) is 21.2 Å². The van der Waals surface area contributed by atoms with Crippen molar-refractivity contribution in [1.82, 2.24) is 5.32 Å². The van der Waals surface area contributed by atoms with Gasteiger partial charge in [0.05, 0.1) is 6.54 Å². The molecular formula is C13H14BrNO4. The molecule has 5 nitrogen and oxygen atoms in total. The molecule has 0 aliphatic carbocycles. The van der Waals surface area contributed by atoms with Gasteiger partial charge in [0.2, 0.25) is 5.91 Å². The van der Waals surface area contributed by atoms with E-state index in [1.807, 2.05) is 24.3 Å². The summed E-state index contributed by atoms with van der Waals surface area (Å²) in [5.41, 5.74) is -1.15. The van der Waals surface area contributed by atoms with Crippen LogP contribution in [0, 0.1) is 0 Å². The van der Waals surface area contributed by atoms with E-state index in [4.69, 9.17) is 5.11 Å². The van der Waals surface area contributed by atoms with Crippen molar-refractivity contribution in [2.24, 2.45) is 0 Å². The minimum absolute atomic E-state index is 0.360. The number of rotatable bonds is 5. The smallest absolute Gasteiger partial charge is 0.337 e. The lowest BCUT2D eigenvalue weighted by Crippen LogP contribution is -2.46. The van der Waals surface area contributed by atoms with Crippen LogP contribution in [0.15, 0.2) is 34.8 Å². The van der Waals surface area contributed by atoms with Crippen molar-refractivity contribution in [1.29, 1.82) is 0 Å². The van der Waals surface area contributed by atoms with Gasteiger partial charge in [-0.1, -0.05) is 34.1 Å². The maximum Gasteiger partial charge on any atom is 0.337 e. The first-order valence-electron chi connectivity index (χ1n) is 5.49. The molecule has 0 aromatic heterocycles. The first-order valence-corrected chi connectivity index (χ1v) is 6.28. The number of benzene rings is 1. The van der Waals surface area contributed by atoms with Gasteiger partial charge in [-0.3, -0.25) is 4.79 Å². The summed E-state index contributed by atoms with van der Waals surface area (Å²) in [5.74, 6) is -1.86. The van der Waals surface area contributed by atoms with Gasteiger partial charge in [0.1, 0.15) is 0 Å². The molecule has 0 fully saturated rings. The van der Waals surface area contributed by atoms with Gasteiger partial charge in [-0.2, -0.15) is 0 Å². The zero-order valence-electron chi connectivity index (χ0n) is 10.3. The molecule has 3 N–H and O–H groups in total. The van der Waals surface area contributed by atoms with E-state index in [-0.39, 0.29) is 6.54 Å². The number of aliphatic carboxylic acids is 1. The Morgan fingerprint density at radius 3 is 2.63 bits per heavy atom. The number of carboxylic acid groups (broad SMARTS) is 1. The van der Waals surface area contributed by atoms with E-state index >= 15 is 0 Å². The summed E-state index contributed by atoms with van der Waals surface area (Å²) in [4.78, 5) is 22.1. The van der Waals surface area contributed by atoms with Gasteiger partial charge >= 0.3 is 5.97 Å². The number of hydrogen-bond donors (Lipinski definition) is 3. The Morgan fingerprint density at radius 2 is 2.05 bits per heavy atom. The van der Waals surface area contributed by atoms with Crippen LogP contribution in [0.1, 0.15) is 12.5 Å². The lowest BCUT2D eigenvalue weighted by Gasteiger charge is -2.17. The highest BCUT2D eigenvalue weighted by atomic mass is 79.9. The highest BCUT2D eigenvalue weighted by Crippen LogP contribution is 2.16. The first-order chi connectivity index (χ1) is 8.83. The van der Waals surface area contributed by atoms with E-state index in [9.17, 15) is 14.7 Å². The highest BCUT2D eigenvalue weighted by molar-refractivity contribution is 9.10. The molecule has 0 heterocycles. The Bertz CT molecular complexity index is 511. The molecule has 0 aliphatic heterocycles. The fraction of sp³-hybridized carbons (Fsp3) is 0.231. The summed E-state index contributed by atoms with van der Waals surface area (Å²) >= 11 is 3.34. The van der Waals surface area contributed by atoms with Crippen molar-refractivity contribution < 1.29 is 19.8 Å². The molecule has 0 saturated heterocycles. The minimum atomic E-state index is -1.98. The van der Waals surface area contributed by atoms with Crippen LogP contribution in [0.3, 0.4) is 0 Å². The quantitative estimate of drug-likeness (QED) is 0.714. The van der Waals surface area contributed by atoms with Crippen molar-refractivity contribution in [3.63, 3.8) is 0 Å². The summed E-state index contributed by atoms with van der Waals surface area (Å²) in [6, 6.07) is 7.34. The Labute approximate surface area is 119 Å². The number of nitrogens with one attached hydrogen (secondary N) is 1. The summed E-state index contributed by atoms with van der Waals surface area (Å²) in [6.07, 6.45) is 2.87. The normalized spacial score (nSPS) is 14.1. The number of hydrogen-bond acceptors (Lipinski definition) is 3. The fourth-order valence-corrected chi connectivity index (χ4v) is 1.59. The van der Waals surface area contributed by atoms with Gasteiger partial charge < -0.3 is 15.5 Å². The summed E-state index contributed by atoms with van der Waals surface area (Å²) < 4.78 is 0.844. The van der Waals surface area contributed by atoms with Crippen molar-refractivity contribution in [3.8, 4) is 0 Å². The monoisotopic (exact) mass is 327 g/mol. The second kappa shape index (κ2) is 6.49. The molecular weight excluding hydrogens is 314 g/mol. The SMILES string of the molecule is CC(O)(CNC(=O)C=Cc1ccccc1Br)C(=O)O. The van der Waals surface area contributed by atoms with E-state index in [0.717, 1.165) is 17.0 Å². The summed E-state index contributed by atoms with van der Waals surface area (Å²) in [7, 11) is 0. The van der Waals surface area contributed by atoms with Gasteiger partial charge in [0.25, 0.3) is 0 Å². The van der Waals surface area contributed by atoms with Crippen LogP contribution in [0.25, 0.3) is 6.08 Å². The summed E-state index contributed by atoms with van der Waals surface area (Å²) in [6.45, 7) is 0.759. The lowest BCUT2D eigenvalue weighted by molar-refractivity contribution is -0.156. The van der Waals surface area contributed by atoms with Crippen molar-refractivity contribution in [2.75, 3.05) is 6.54 Å². The van der Waals surface area contributed by atoms with Crippen LogP contribution >= 0.6 is 15.9 Å². The van der Waals surface area contributed by atoms with Gasteiger partial charge in [0.15, 0.2) is 5.60 Å². The predicted octanol–water partition coefficient (Wildman–Crippen LogP) is 1.41. The molecule has 1 atom stereocenters. The highest BCUT2D eigenvalue weighted by Gasteiger charge is 2.29. The van der Waals surface area contributed by atoms with Gasteiger partial charge in [0, 0.05) is 10.5 Å². The third-order valence-electron chi connectivity index (χ3n) is 2.39. The molecule has 102 valence electrons. The zero-order valence-corrected chi connectivity index (χ0v) is 11.8. The average molecular weight is 328 g/mol. The van der Waals surface area contributed by atoms with Crippen LogP contribution in [0.4, 0.5) is 0 Å². The third kappa shape index (κ3) is 4.84. The van der Waals surface area contributed by atoms with Crippen LogP contribution in [0.5, 0.6) is 0 Å². The molecule has 1 aromatic carbocycles. The molecule has 6 heteroatoms. The van der Waals surface area contributed by atoms with Gasteiger partial charge in [-0.05, 0) is 24.6 Å². The standard InChI is InChI=1S/C13H14BrNO4/c1-13(19,12(17)18)8-15-11(16)7-6-9-4-2-3-5-10(9)14/h2-7,19H,8H2,1H3,(H,15,16)(H,17,18). The Morgan fingerprint density at radius 1 is 1.42 bits per heavy atom. The maximum atomic E-state index is 11.5. The molecule has 0 spiro atoms. The second-order valence-electron chi connectivity index (χ2n) is 4.15. The zero-order chi connectivity index (χ0) is 14.5. The van der Waals surface area contributed by atoms with Crippen molar-refractivity contribution >= 4 is 33.9 Å². The molecule has 19 heavy (non-hydrogen) atoms. The molecule has 1 amide bonds. The molecule has 1 unspecified atom stereocenters. The Balaban J connectivity index is 2.57. The van der Waals surface area contributed by atoms with E-state index in [1.54, 1.807) is 6.08 Å². The predicted molar refractivity (Wildman–Crippen MR) is 74.4 cm³/mol. The lowest BCUT2D eigenvalue weighted by atomic mass is 10.1. The number of carbonyl (C=O) groups is 2. The molecule has 0 aliphatic rings. The molecule has 0 bridgehead atoms. The van der Waals surface area contributed by atoms with Gasteiger partial charge in [-0.25, -0.2) is 4.79 Å². The van der Waals surface area contributed by atoms with Crippen molar-refractivity contribution in [3.05, 3.63) is 40.4 Å². The Hall–Kier alpha value is -1.66. The van der Waals surface area contributed by atoms with Crippen LogP contribution in [0.2, 0.25) is 0 Å². The maximum absolute atomic E-state index is 11.5. The topological polar surface area (TPSA) is 86.6 Å². The van der Waals surface area contributed by atoms with E-state index < -0.39 is 17.5 Å². The molecule has 0 saturated carbocycles. The summed E-state index contributed by atoms with van der Waals surface area (Å²) in [5, 5.41) is 20.4. The van der Waals surface area contributed by atoms with E-state index in [0.29, 0.717) is 0 Å². The first kappa shape index (κ1) is 15.4. The number of carbonyl (C=O) groups excluding carboxylic acids is 1. The molecule has 1 rings (SSSR count). The number of halogens is 1. The van der Waals surface area contributed by atoms with Crippen molar-refractivity contribution in [2.45, 2.75) is 12.5 Å². The van der Waals surface area contributed by atoms with Crippen LogP contribution in [-0.2, 0) is 9.59 Å².